The summed E-state index contributed by atoms with van der Waals surface area (Å²) in [6.07, 6.45) is 1.46. The van der Waals surface area contributed by atoms with Gasteiger partial charge < -0.3 is 0 Å². The van der Waals surface area contributed by atoms with Crippen LogP contribution in [0.15, 0.2) is 71.8 Å². The molecule has 110 valence electrons. The highest BCUT2D eigenvalue weighted by Crippen LogP contribution is 2.21. The number of para-hydroxylation sites is 1. The molecule has 3 rings (SSSR count). The minimum absolute atomic E-state index is 0.215. The van der Waals surface area contributed by atoms with E-state index in [1.807, 2.05) is 54.6 Å². The van der Waals surface area contributed by atoms with E-state index in [4.69, 9.17) is 0 Å². The molecule has 3 aromatic rings. The van der Waals surface area contributed by atoms with Crippen molar-refractivity contribution in [1.82, 2.24) is 4.98 Å². The molecular formula is C19H17NOS. The summed E-state index contributed by atoms with van der Waals surface area (Å²) in [6, 6.07) is 21.7. The maximum absolute atomic E-state index is 12.0. The van der Waals surface area contributed by atoms with Crippen molar-refractivity contribution in [3.8, 4) is 0 Å². The predicted octanol–water partition coefficient (Wildman–Crippen LogP) is 4.99. The second-order valence-electron chi connectivity index (χ2n) is 5.08. The first kappa shape index (κ1) is 14.8. The molecule has 0 bridgehead atoms. The Morgan fingerprint density at radius 1 is 0.909 bits per heavy atom. The molecule has 0 radical (unpaired) electrons. The number of benzene rings is 2. The maximum Gasteiger partial charge on any atom is 0.162 e. The number of hydrogen-bond acceptors (Lipinski definition) is 3. The first-order valence-electron chi connectivity index (χ1n) is 7.40. The zero-order valence-electron chi connectivity index (χ0n) is 12.2. The number of nitrogens with zero attached hydrogens (tertiary/aromatic N) is 1. The Labute approximate surface area is 134 Å². The third-order valence-corrected chi connectivity index (χ3v) is 4.48. The van der Waals surface area contributed by atoms with Crippen LogP contribution < -0.4 is 0 Å². The number of Topliss-reactive ketones (excluding diaryl/α,β-unsaturated/α-hetero) is 1. The van der Waals surface area contributed by atoms with Gasteiger partial charge in [0, 0.05) is 17.4 Å². The summed E-state index contributed by atoms with van der Waals surface area (Å²) in [5.41, 5.74) is 1.82. The molecule has 0 amide bonds. The van der Waals surface area contributed by atoms with Gasteiger partial charge in [-0.1, -0.05) is 54.6 Å². The minimum Gasteiger partial charge on any atom is -0.294 e. The van der Waals surface area contributed by atoms with Gasteiger partial charge in [-0.25, -0.2) is 4.98 Å². The Kier molecular flexibility index (Phi) is 4.86. The molecule has 0 N–H and O–H groups in total. The molecule has 0 unspecified atom stereocenters. The summed E-state index contributed by atoms with van der Waals surface area (Å²) >= 11 is 1.71. The number of carbonyl (C=O) groups excluding carboxylic acids is 1. The Hall–Kier alpha value is -2.13. The van der Waals surface area contributed by atoms with Crippen LogP contribution in [0.3, 0.4) is 0 Å². The molecule has 0 atom stereocenters. The van der Waals surface area contributed by atoms with Gasteiger partial charge in [0.1, 0.15) is 0 Å². The molecule has 1 aromatic heterocycles. The number of fused-ring (bicyclic) bond motifs is 1. The van der Waals surface area contributed by atoms with E-state index in [9.17, 15) is 4.79 Å². The van der Waals surface area contributed by atoms with Crippen LogP contribution >= 0.6 is 11.8 Å². The fourth-order valence-corrected chi connectivity index (χ4v) is 3.13. The normalized spacial score (nSPS) is 10.7. The Bertz CT molecular complexity index is 771. The summed E-state index contributed by atoms with van der Waals surface area (Å²) in [4.78, 5) is 16.6. The second-order valence-corrected chi connectivity index (χ2v) is 6.20. The first-order chi connectivity index (χ1) is 10.8. The van der Waals surface area contributed by atoms with E-state index in [1.165, 1.54) is 0 Å². The number of thioether (sulfide) groups is 1. The summed E-state index contributed by atoms with van der Waals surface area (Å²) in [5.74, 6) is 1.12. The zero-order chi connectivity index (χ0) is 15.2. The molecule has 0 aliphatic carbocycles. The van der Waals surface area contributed by atoms with Crippen LogP contribution in [0.4, 0.5) is 0 Å². The number of ketones is 1. The number of hydrogen-bond donors (Lipinski definition) is 0. The van der Waals surface area contributed by atoms with Crippen molar-refractivity contribution in [2.75, 3.05) is 5.75 Å². The standard InChI is InChI=1S/C19H17NOS/c21-18(16-8-2-1-3-9-16)11-6-14-22-19-13-12-15-7-4-5-10-17(15)20-19/h1-5,7-10,12-13H,6,11,14H2. The van der Waals surface area contributed by atoms with Gasteiger partial charge in [-0.15, -0.1) is 11.8 Å². The molecule has 1 heterocycles. The van der Waals surface area contributed by atoms with E-state index in [1.54, 1.807) is 11.8 Å². The average molecular weight is 307 g/mol. The van der Waals surface area contributed by atoms with Gasteiger partial charge in [0.15, 0.2) is 5.78 Å². The van der Waals surface area contributed by atoms with Crippen LogP contribution in [0.2, 0.25) is 0 Å². The van der Waals surface area contributed by atoms with Gasteiger partial charge >= 0.3 is 0 Å². The van der Waals surface area contributed by atoms with Crippen molar-refractivity contribution in [3.63, 3.8) is 0 Å². The highest BCUT2D eigenvalue weighted by Gasteiger charge is 2.05. The van der Waals surface area contributed by atoms with Crippen molar-refractivity contribution in [1.29, 1.82) is 0 Å². The second kappa shape index (κ2) is 7.23. The molecule has 0 saturated carbocycles. The Balaban J connectivity index is 1.51. The first-order valence-corrected chi connectivity index (χ1v) is 8.38. The minimum atomic E-state index is 0.215. The average Bonchev–Trinajstić information content (AvgIpc) is 2.59. The Morgan fingerprint density at radius 2 is 1.68 bits per heavy atom. The largest absolute Gasteiger partial charge is 0.294 e. The van der Waals surface area contributed by atoms with E-state index >= 15 is 0 Å². The summed E-state index contributed by atoms with van der Waals surface area (Å²) in [6.45, 7) is 0. The molecule has 0 aliphatic heterocycles. The number of aromatic nitrogens is 1. The van der Waals surface area contributed by atoms with Crippen LogP contribution in [-0.4, -0.2) is 16.5 Å². The van der Waals surface area contributed by atoms with E-state index in [0.717, 1.165) is 33.7 Å². The fraction of sp³-hybridized carbons (Fsp3) is 0.158. The van der Waals surface area contributed by atoms with Gasteiger partial charge in [-0.05, 0) is 24.3 Å². The summed E-state index contributed by atoms with van der Waals surface area (Å²) in [5, 5.41) is 2.18. The molecule has 0 aliphatic rings. The van der Waals surface area contributed by atoms with Crippen LogP contribution in [0.25, 0.3) is 10.9 Å². The lowest BCUT2D eigenvalue weighted by Crippen LogP contribution is -1.99. The fourth-order valence-electron chi connectivity index (χ4n) is 2.31. The zero-order valence-corrected chi connectivity index (χ0v) is 13.1. The molecule has 3 heteroatoms. The molecular weight excluding hydrogens is 290 g/mol. The van der Waals surface area contributed by atoms with Crippen molar-refractivity contribution in [3.05, 3.63) is 72.3 Å². The SMILES string of the molecule is O=C(CCCSc1ccc2ccccc2n1)c1ccccc1. The van der Waals surface area contributed by atoms with E-state index in [2.05, 4.69) is 17.1 Å². The lowest BCUT2D eigenvalue weighted by atomic mass is 10.1. The lowest BCUT2D eigenvalue weighted by molar-refractivity contribution is 0.0982. The van der Waals surface area contributed by atoms with Gasteiger partial charge in [-0.2, -0.15) is 0 Å². The van der Waals surface area contributed by atoms with Crippen LogP contribution in [-0.2, 0) is 0 Å². The smallest absolute Gasteiger partial charge is 0.162 e. The highest BCUT2D eigenvalue weighted by molar-refractivity contribution is 7.99. The van der Waals surface area contributed by atoms with Gasteiger partial charge in [0.05, 0.1) is 10.5 Å². The Morgan fingerprint density at radius 3 is 2.55 bits per heavy atom. The van der Waals surface area contributed by atoms with Crippen molar-refractivity contribution in [2.24, 2.45) is 0 Å². The highest BCUT2D eigenvalue weighted by atomic mass is 32.2. The number of pyridine rings is 1. The van der Waals surface area contributed by atoms with Crippen molar-refractivity contribution in [2.45, 2.75) is 17.9 Å². The van der Waals surface area contributed by atoms with Gasteiger partial charge in [-0.3, -0.25) is 4.79 Å². The van der Waals surface area contributed by atoms with E-state index in [0.29, 0.717) is 6.42 Å². The van der Waals surface area contributed by atoms with E-state index < -0.39 is 0 Å². The summed E-state index contributed by atoms with van der Waals surface area (Å²) < 4.78 is 0. The van der Waals surface area contributed by atoms with Crippen LogP contribution in [0.5, 0.6) is 0 Å². The van der Waals surface area contributed by atoms with Crippen molar-refractivity contribution < 1.29 is 4.79 Å². The number of rotatable bonds is 6. The lowest BCUT2D eigenvalue weighted by Gasteiger charge is -2.03. The predicted molar refractivity (Wildman–Crippen MR) is 92.5 cm³/mol. The maximum atomic E-state index is 12.0. The molecule has 2 aromatic carbocycles. The molecule has 0 saturated heterocycles. The van der Waals surface area contributed by atoms with E-state index in [-0.39, 0.29) is 5.78 Å². The summed E-state index contributed by atoms with van der Waals surface area (Å²) in [7, 11) is 0. The molecule has 0 fully saturated rings. The molecule has 22 heavy (non-hydrogen) atoms. The topological polar surface area (TPSA) is 30.0 Å². The third kappa shape index (κ3) is 3.74. The van der Waals surface area contributed by atoms with Crippen molar-refractivity contribution >= 4 is 28.4 Å². The van der Waals surface area contributed by atoms with Crippen LogP contribution in [0.1, 0.15) is 23.2 Å². The molecule has 0 spiro atoms. The molecule has 2 nitrogen and oxygen atoms in total. The third-order valence-electron chi connectivity index (χ3n) is 3.47. The van der Waals surface area contributed by atoms with Gasteiger partial charge in [0.25, 0.3) is 0 Å². The number of carbonyl (C=O) groups is 1. The van der Waals surface area contributed by atoms with Gasteiger partial charge in [0.2, 0.25) is 0 Å². The van der Waals surface area contributed by atoms with Crippen LogP contribution in [0, 0.1) is 0 Å². The monoisotopic (exact) mass is 307 g/mol. The quantitative estimate of drug-likeness (QED) is 0.365.